The van der Waals surface area contributed by atoms with Gasteiger partial charge in [0.05, 0.1) is 14.2 Å². The van der Waals surface area contributed by atoms with Gasteiger partial charge >= 0.3 is 0 Å². The van der Waals surface area contributed by atoms with Crippen LogP contribution in [0.2, 0.25) is 0 Å². The molecule has 0 aliphatic carbocycles. The first-order chi connectivity index (χ1) is 20.6. The number of methoxy groups -OCH3 is 2. The molecule has 0 bridgehead atoms. The Labute approximate surface area is 256 Å². The minimum Gasteiger partial charge on any atom is -0.496 e. The van der Waals surface area contributed by atoms with Crippen LogP contribution in [0.25, 0.3) is 43.8 Å². The van der Waals surface area contributed by atoms with Crippen molar-refractivity contribution < 1.29 is 9.47 Å². The lowest BCUT2D eigenvalue weighted by molar-refractivity contribution is 0.410. The third-order valence-corrected chi connectivity index (χ3v) is 11.1. The smallest absolute Gasteiger partial charge is 0.123 e. The van der Waals surface area contributed by atoms with E-state index in [-0.39, 0.29) is 10.5 Å². The van der Waals surface area contributed by atoms with Gasteiger partial charge < -0.3 is 9.47 Å². The van der Waals surface area contributed by atoms with E-state index in [9.17, 15) is 0 Å². The molecule has 4 heteroatoms. The fourth-order valence-electron chi connectivity index (χ4n) is 5.94. The lowest BCUT2D eigenvalue weighted by Crippen LogP contribution is -2.00. The van der Waals surface area contributed by atoms with Crippen LogP contribution in [0.5, 0.6) is 11.5 Å². The molecule has 2 atom stereocenters. The minimum absolute atomic E-state index is 0.179. The van der Waals surface area contributed by atoms with Gasteiger partial charge in [0.15, 0.2) is 0 Å². The quantitative estimate of drug-likeness (QED) is 0.157. The molecule has 0 aliphatic heterocycles. The molecular formula is C38H34O2S2. The predicted molar refractivity (Wildman–Crippen MR) is 184 cm³/mol. The molecule has 0 aliphatic rings. The molecule has 2 nitrogen and oxygen atoms in total. The molecular weight excluding hydrogens is 553 g/mol. The molecule has 0 saturated carbocycles. The van der Waals surface area contributed by atoms with Crippen LogP contribution < -0.4 is 9.47 Å². The fraction of sp³-hybridized carbons (Fsp3) is 0.158. The van der Waals surface area contributed by atoms with Crippen molar-refractivity contribution in [2.24, 2.45) is 0 Å². The molecule has 0 spiro atoms. The zero-order chi connectivity index (χ0) is 29.1. The second-order valence-electron chi connectivity index (χ2n) is 10.4. The van der Waals surface area contributed by atoms with E-state index in [1.807, 2.05) is 21.6 Å². The highest BCUT2D eigenvalue weighted by molar-refractivity contribution is 8.76. The van der Waals surface area contributed by atoms with Crippen LogP contribution in [-0.2, 0) is 0 Å². The van der Waals surface area contributed by atoms with Crippen LogP contribution >= 0.6 is 21.6 Å². The summed E-state index contributed by atoms with van der Waals surface area (Å²) < 4.78 is 11.9. The Bertz CT molecular complexity index is 1720. The maximum absolute atomic E-state index is 5.94. The number of hydrogen-bond donors (Lipinski definition) is 0. The summed E-state index contributed by atoms with van der Waals surface area (Å²) >= 11 is 0. The minimum atomic E-state index is 0.179. The van der Waals surface area contributed by atoms with Gasteiger partial charge in [-0.25, -0.2) is 0 Å². The Kier molecular flexibility index (Phi) is 8.46. The summed E-state index contributed by atoms with van der Waals surface area (Å²) in [5.41, 5.74) is 7.33. The first-order valence-corrected chi connectivity index (χ1v) is 16.5. The Morgan fingerprint density at radius 1 is 0.429 bits per heavy atom. The average molecular weight is 587 g/mol. The molecule has 210 valence electrons. The van der Waals surface area contributed by atoms with E-state index in [0.29, 0.717) is 0 Å². The monoisotopic (exact) mass is 586 g/mol. The SMILES string of the molecule is COc1cccc(-c2cccc3ccccc23)c1[C@@H](C)SS[C@H](C)c1c(OC)cccc1-c1cccc2ccccc12. The maximum Gasteiger partial charge on any atom is 0.123 e. The summed E-state index contributed by atoms with van der Waals surface area (Å²) in [4.78, 5) is 0. The Balaban J connectivity index is 1.36. The van der Waals surface area contributed by atoms with E-state index in [1.54, 1.807) is 14.2 Å². The highest BCUT2D eigenvalue weighted by Gasteiger charge is 2.23. The number of hydrogen-bond acceptors (Lipinski definition) is 4. The van der Waals surface area contributed by atoms with Gasteiger partial charge in [0, 0.05) is 21.6 Å². The molecule has 0 aromatic heterocycles. The van der Waals surface area contributed by atoms with E-state index in [4.69, 9.17) is 9.47 Å². The van der Waals surface area contributed by atoms with Crippen LogP contribution in [0.3, 0.4) is 0 Å². The van der Waals surface area contributed by atoms with Gasteiger partial charge in [-0.1, -0.05) is 131 Å². The maximum atomic E-state index is 5.94. The molecule has 0 radical (unpaired) electrons. The third kappa shape index (κ3) is 5.37. The van der Waals surface area contributed by atoms with Gasteiger partial charge in [0.1, 0.15) is 11.5 Å². The lowest BCUT2D eigenvalue weighted by atomic mass is 9.93. The lowest BCUT2D eigenvalue weighted by Gasteiger charge is -2.23. The first-order valence-electron chi connectivity index (χ1n) is 14.2. The number of ether oxygens (including phenoxy) is 2. The second-order valence-corrected chi connectivity index (χ2v) is 13.3. The average Bonchev–Trinajstić information content (AvgIpc) is 3.05. The Morgan fingerprint density at radius 3 is 1.21 bits per heavy atom. The second kappa shape index (κ2) is 12.6. The predicted octanol–water partition coefficient (Wildman–Crippen LogP) is 11.5. The first kappa shape index (κ1) is 28.3. The van der Waals surface area contributed by atoms with E-state index in [2.05, 4.69) is 135 Å². The van der Waals surface area contributed by atoms with Crippen molar-refractivity contribution in [2.45, 2.75) is 24.3 Å². The Hall–Kier alpha value is -3.86. The molecule has 42 heavy (non-hydrogen) atoms. The van der Waals surface area contributed by atoms with Crippen molar-refractivity contribution in [2.75, 3.05) is 14.2 Å². The summed E-state index contributed by atoms with van der Waals surface area (Å²) in [6.45, 7) is 4.56. The van der Waals surface area contributed by atoms with Gasteiger partial charge in [-0.2, -0.15) is 0 Å². The molecule has 6 aromatic rings. The van der Waals surface area contributed by atoms with Crippen molar-refractivity contribution in [3.05, 3.63) is 132 Å². The summed E-state index contributed by atoms with van der Waals surface area (Å²) in [5.74, 6) is 1.84. The number of rotatable bonds is 9. The standard InChI is InChI=1S/C38H34O2S2/c1-25(37-33(21-11-23-35(37)39-3)31-19-9-15-27-13-5-7-17-29(27)31)41-42-26(2)38-34(22-12-24-36(38)40-4)32-20-10-16-28-14-6-8-18-30(28)32/h5-26H,1-4H3/t25-,26-/m1/s1. The van der Waals surface area contributed by atoms with Gasteiger partial charge in [0.25, 0.3) is 0 Å². The van der Waals surface area contributed by atoms with E-state index in [0.717, 1.165) is 11.5 Å². The summed E-state index contributed by atoms with van der Waals surface area (Å²) in [6.07, 6.45) is 0. The highest BCUT2D eigenvalue weighted by Crippen LogP contribution is 2.53. The van der Waals surface area contributed by atoms with Crippen LogP contribution in [-0.4, -0.2) is 14.2 Å². The van der Waals surface area contributed by atoms with Crippen molar-refractivity contribution in [1.82, 2.24) is 0 Å². The topological polar surface area (TPSA) is 18.5 Å². The summed E-state index contributed by atoms with van der Waals surface area (Å²) in [7, 11) is 7.30. The molecule has 0 saturated heterocycles. The van der Waals surface area contributed by atoms with E-state index >= 15 is 0 Å². The van der Waals surface area contributed by atoms with Crippen LogP contribution in [0, 0.1) is 0 Å². The number of benzene rings is 6. The zero-order valence-corrected chi connectivity index (χ0v) is 26.0. The van der Waals surface area contributed by atoms with Gasteiger partial charge in [-0.05, 0) is 69.8 Å². The largest absolute Gasteiger partial charge is 0.496 e. The van der Waals surface area contributed by atoms with Gasteiger partial charge in [0.2, 0.25) is 0 Å². The van der Waals surface area contributed by atoms with Gasteiger partial charge in [-0.15, -0.1) is 0 Å². The highest BCUT2D eigenvalue weighted by atomic mass is 33.1. The molecule has 0 heterocycles. The molecule has 6 aromatic carbocycles. The van der Waals surface area contributed by atoms with Gasteiger partial charge in [-0.3, -0.25) is 0 Å². The summed E-state index contributed by atoms with van der Waals surface area (Å²) in [6, 6.07) is 43.1. The van der Waals surface area contributed by atoms with Crippen LogP contribution in [0.1, 0.15) is 35.5 Å². The van der Waals surface area contributed by atoms with Crippen molar-refractivity contribution >= 4 is 43.1 Å². The van der Waals surface area contributed by atoms with Crippen molar-refractivity contribution in [3.8, 4) is 33.8 Å². The zero-order valence-electron chi connectivity index (χ0n) is 24.3. The van der Waals surface area contributed by atoms with Crippen molar-refractivity contribution in [1.29, 1.82) is 0 Å². The molecule has 0 amide bonds. The third-order valence-electron chi connectivity index (χ3n) is 7.89. The molecule has 0 unspecified atom stereocenters. The number of fused-ring (bicyclic) bond motifs is 2. The fourth-order valence-corrected chi connectivity index (χ4v) is 8.53. The van der Waals surface area contributed by atoms with Crippen LogP contribution in [0.15, 0.2) is 121 Å². The summed E-state index contributed by atoms with van der Waals surface area (Å²) in [5, 5.41) is 5.34. The van der Waals surface area contributed by atoms with Crippen LogP contribution in [0.4, 0.5) is 0 Å². The normalized spacial score (nSPS) is 12.8. The molecule has 0 fully saturated rings. The van der Waals surface area contributed by atoms with Crippen molar-refractivity contribution in [3.63, 3.8) is 0 Å². The molecule has 6 rings (SSSR count). The van der Waals surface area contributed by atoms with E-state index < -0.39 is 0 Å². The molecule has 0 N–H and O–H groups in total. The van der Waals surface area contributed by atoms with E-state index in [1.165, 1.54) is 54.9 Å². The Morgan fingerprint density at radius 2 is 0.786 bits per heavy atom.